The molecule has 0 spiro atoms. The molecule has 8 nitrogen and oxygen atoms in total. The number of halogens is 3. The van der Waals surface area contributed by atoms with Gasteiger partial charge in [-0.3, -0.25) is 9.59 Å². The fourth-order valence-electron chi connectivity index (χ4n) is 3.40. The molecule has 2 aromatic carbocycles. The molecule has 39 heavy (non-hydrogen) atoms. The smallest absolute Gasteiger partial charge is 0.410 e. The number of ether oxygens (including phenoxy) is 1. The van der Waals surface area contributed by atoms with Crippen LogP contribution in [-0.2, 0) is 30.4 Å². The number of carbonyl (C=O) groups excluding carboxylic acids is 3. The number of nitrogens with one attached hydrogen (secondary N) is 3. The highest BCUT2D eigenvalue weighted by molar-refractivity contribution is 7.17. The van der Waals surface area contributed by atoms with E-state index < -0.39 is 29.3 Å². The molecule has 0 unspecified atom stereocenters. The highest BCUT2D eigenvalue weighted by Gasteiger charge is 2.30. The molecular formula is C27H29F3N4O4S. The summed E-state index contributed by atoms with van der Waals surface area (Å²) in [5, 5.41) is 8.26. The second kappa shape index (κ2) is 12.3. The van der Waals surface area contributed by atoms with Crippen LogP contribution in [0, 0.1) is 0 Å². The molecule has 0 bridgehead atoms. The predicted molar refractivity (Wildman–Crippen MR) is 142 cm³/mol. The third kappa shape index (κ3) is 9.40. The molecule has 0 aliphatic rings. The minimum Gasteiger partial charge on any atom is -0.410 e. The Kier molecular flexibility index (Phi) is 9.33. The van der Waals surface area contributed by atoms with Gasteiger partial charge in [-0.05, 0) is 69.0 Å². The SMILES string of the molecule is CC(=O)Nc1nc(CCc2ccc(OC(=O)NC(C)(C)C)cc2)c(C(=O)NCc2ccc(C(F)(F)F)cc2)s1. The first-order chi connectivity index (χ1) is 18.2. The Balaban J connectivity index is 1.65. The number of alkyl halides is 3. The molecule has 3 N–H and O–H groups in total. The molecule has 0 aliphatic heterocycles. The van der Waals surface area contributed by atoms with Crippen molar-refractivity contribution in [3.8, 4) is 5.75 Å². The summed E-state index contributed by atoms with van der Waals surface area (Å²) in [6.07, 6.45) is -4.11. The van der Waals surface area contributed by atoms with Crippen LogP contribution in [0.25, 0.3) is 0 Å². The van der Waals surface area contributed by atoms with Crippen molar-refractivity contribution in [1.82, 2.24) is 15.6 Å². The quantitative estimate of drug-likeness (QED) is 0.325. The number of amides is 3. The third-order valence-electron chi connectivity index (χ3n) is 5.18. The molecule has 208 valence electrons. The molecule has 0 saturated heterocycles. The molecule has 0 saturated carbocycles. The number of rotatable bonds is 8. The normalized spacial score (nSPS) is 11.6. The zero-order valence-corrected chi connectivity index (χ0v) is 22.7. The lowest BCUT2D eigenvalue weighted by Gasteiger charge is -2.19. The van der Waals surface area contributed by atoms with Crippen LogP contribution in [0.1, 0.15) is 59.8 Å². The summed E-state index contributed by atoms with van der Waals surface area (Å²) in [6.45, 7) is 6.88. The van der Waals surface area contributed by atoms with Crippen molar-refractivity contribution < 1.29 is 32.3 Å². The number of hydrogen-bond donors (Lipinski definition) is 3. The van der Waals surface area contributed by atoms with Gasteiger partial charge in [0.15, 0.2) is 5.13 Å². The van der Waals surface area contributed by atoms with Gasteiger partial charge in [0.2, 0.25) is 5.91 Å². The summed E-state index contributed by atoms with van der Waals surface area (Å²) in [4.78, 5) is 41.1. The number of carbonyl (C=O) groups is 3. The van der Waals surface area contributed by atoms with Crippen LogP contribution < -0.4 is 20.7 Å². The van der Waals surface area contributed by atoms with Crippen LogP contribution in [0.5, 0.6) is 5.75 Å². The number of nitrogens with zero attached hydrogens (tertiary/aromatic N) is 1. The maximum atomic E-state index is 12.9. The minimum atomic E-state index is -4.44. The van der Waals surface area contributed by atoms with Crippen LogP contribution in [0.2, 0.25) is 0 Å². The van der Waals surface area contributed by atoms with Gasteiger partial charge in [0.05, 0.1) is 11.3 Å². The number of benzene rings is 2. The maximum Gasteiger partial charge on any atom is 0.416 e. The molecule has 0 fully saturated rings. The van der Waals surface area contributed by atoms with Crippen LogP contribution >= 0.6 is 11.3 Å². The lowest BCUT2D eigenvalue weighted by atomic mass is 10.1. The van der Waals surface area contributed by atoms with E-state index in [1.807, 2.05) is 20.8 Å². The second-order valence-electron chi connectivity index (χ2n) is 9.76. The van der Waals surface area contributed by atoms with Gasteiger partial charge in [-0.1, -0.05) is 35.6 Å². The zero-order valence-electron chi connectivity index (χ0n) is 21.9. The molecule has 3 amide bonds. The summed E-state index contributed by atoms with van der Waals surface area (Å²) in [6, 6.07) is 11.5. The van der Waals surface area contributed by atoms with E-state index in [-0.39, 0.29) is 17.6 Å². The van der Waals surface area contributed by atoms with Gasteiger partial charge in [-0.15, -0.1) is 0 Å². The standard InChI is InChI=1S/C27H29F3N4O4S/c1-16(35)32-24-33-21(14-9-17-7-12-20(13-8-17)38-25(37)34-26(2,3)4)22(39-24)23(36)31-15-18-5-10-19(11-6-18)27(28,29)30/h5-8,10-13H,9,14-15H2,1-4H3,(H,31,36)(H,34,37)(H,32,33,35). The summed E-state index contributed by atoms with van der Waals surface area (Å²) < 4.78 is 43.6. The van der Waals surface area contributed by atoms with Crippen molar-refractivity contribution in [3.63, 3.8) is 0 Å². The van der Waals surface area contributed by atoms with Gasteiger partial charge in [-0.2, -0.15) is 13.2 Å². The number of thiazole rings is 1. The number of aromatic nitrogens is 1. The molecule has 1 heterocycles. The van der Waals surface area contributed by atoms with Gasteiger partial charge in [0, 0.05) is 19.0 Å². The first kappa shape index (κ1) is 29.6. The summed E-state index contributed by atoms with van der Waals surface area (Å²) in [7, 11) is 0. The Labute approximate surface area is 228 Å². The van der Waals surface area contributed by atoms with Gasteiger partial charge < -0.3 is 20.7 Å². The molecule has 12 heteroatoms. The lowest BCUT2D eigenvalue weighted by Crippen LogP contribution is -2.42. The Morgan fingerprint density at radius 3 is 2.10 bits per heavy atom. The van der Waals surface area contributed by atoms with Gasteiger partial charge in [0.1, 0.15) is 10.6 Å². The molecule has 3 aromatic rings. The summed E-state index contributed by atoms with van der Waals surface area (Å²) in [5.41, 5.74) is 0.683. The number of hydrogen-bond acceptors (Lipinski definition) is 6. The average molecular weight is 563 g/mol. The third-order valence-corrected chi connectivity index (χ3v) is 6.19. The van der Waals surface area contributed by atoms with E-state index in [4.69, 9.17) is 4.74 Å². The predicted octanol–water partition coefficient (Wildman–Crippen LogP) is 5.72. The van der Waals surface area contributed by atoms with E-state index in [0.29, 0.717) is 34.7 Å². The van der Waals surface area contributed by atoms with E-state index in [9.17, 15) is 27.6 Å². The molecule has 0 radical (unpaired) electrons. The average Bonchev–Trinajstić information content (AvgIpc) is 3.22. The fourth-order valence-corrected chi connectivity index (χ4v) is 4.38. The molecular weight excluding hydrogens is 533 g/mol. The Bertz CT molecular complexity index is 1310. The van der Waals surface area contributed by atoms with E-state index in [1.165, 1.54) is 19.1 Å². The maximum absolute atomic E-state index is 12.9. The van der Waals surface area contributed by atoms with Gasteiger partial charge >= 0.3 is 12.3 Å². The fraction of sp³-hybridized carbons (Fsp3) is 0.333. The monoisotopic (exact) mass is 562 g/mol. The number of aryl methyl sites for hydroxylation is 2. The largest absolute Gasteiger partial charge is 0.416 e. The van der Waals surface area contributed by atoms with Gasteiger partial charge in [-0.25, -0.2) is 9.78 Å². The Hall–Kier alpha value is -3.93. The first-order valence-corrected chi connectivity index (χ1v) is 12.8. The van der Waals surface area contributed by atoms with Crippen LogP contribution in [0.4, 0.5) is 23.1 Å². The van der Waals surface area contributed by atoms with Crippen LogP contribution in [0.3, 0.4) is 0 Å². The molecule has 0 aliphatic carbocycles. The van der Waals surface area contributed by atoms with E-state index in [0.717, 1.165) is 29.0 Å². The highest BCUT2D eigenvalue weighted by atomic mass is 32.1. The molecule has 1 aromatic heterocycles. The van der Waals surface area contributed by atoms with Crippen molar-refractivity contribution in [2.75, 3.05) is 5.32 Å². The van der Waals surface area contributed by atoms with Crippen LogP contribution in [-0.4, -0.2) is 28.4 Å². The second-order valence-corrected chi connectivity index (χ2v) is 10.8. The van der Waals surface area contributed by atoms with Crippen molar-refractivity contribution >= 4 is 34.4 Å². The van der Waals surface area contributed by atoms with Crippen molar-refractivity contribution in [2.24, 2.45) is 0 Å². The van der Waals surface area contributed by atoms with E-state index in [2.05, 4.69) is 20.9 Å². The Morgan fingerprint density at radius 1 is 0.923 bits per heavy atom. The Morgan fingerprint density at radius 2 is 1.54 bits per heavy atom. The van der Waals surface area contributed by atoms with Crippen molar-refractivity contribution in [1.29, 1.82) is 0 Å². The lowest BCUT2D eigenvalue weighted by molar-refractivity contribution is -0.137. The summed E-state index contributed by atoms with van der Waals surface area (Å²) in [5.74, 6) is -0.406. The molecule has 0 atom stereocenters. The van der Waals surface area contributed by atoms with Crippen LogP contribution in [0.15, 0.2) is 48.5 Å². The van der Waals surface area contributed by atoms with Gasteiger partial charge in [0.25, 0.3) is 5.91 Å². The number of anilines is 1. The zero-order chi connectivity index (χ0) is 28.8. The first-order valence-electron chi connectivity index (χ1n) is 12.0. The van der Waals surface area contributed by atoms with E-state index in [1.54, 1.807) is 24.3 Å². The van der Waals surface area contributed by atoms with Crippen molar-refractivity contribution in [3.05, 3.63) is 75.8 Å². The molecule has 3 rings (SSSR count). The summed E-state index contributed by atoms with van der Waals surface area (Å²) >= 11 is 1.02. The topological polar surface area (TPSA) is 109 Å². The minimum absolute atomic E-state index is 0.0219. The van der Waals surface area contributed by atoms with Crippen molar-refractivity contribution in [2.45, 2.75) is 58.8 Å². The highest BCUT2D eigenvalue weighted by Crippen LogP contribution is 2.29. The van der Waals surface area contributed by atoms with E-state index >= 15 is 0 Å².